The van der Waals surface area contributed by atoms with Gasteiger partial charge < -0.3 is 15.4 Å². The molecule has 0 radical (unpaired) electrons. The lowest BCUT2D eigenvalue weighted by molar-refractivity contribution is 0.177. The van der Waals surface area contributed by atoms with Crippen molar-refractivity contribution < 1.29 is 4.74 Å². The molecule has 1 unspecified atom stereocenters. The zero-order valence-corrected chi connectivity index (χ0v) is 17.9. The molecule has 1 aromatic carbocycles. The molecule has 1 fully saturated rings. The summed E-state index contributed by atoms with van der Waals surface area (Å²) in [5, 5.41) is 12.5. The second-order valence-electron chi connectivity index (χ2n) is 8.01. The summed E-state index contributed by atoms with van der Waals surface area (Å²) < 4.78 is 7.14. The summed E-state index contributed by atoms with van der Waals surface area (Å²) in [6.45, 7) is 2.11. The van der Waals surface area contributed by atoms with Gasteiger partial charge in [0, 0.05) is 43.6 Å². The summed E-state index contributed by atoms with van der Waals surface area (Å²) >= 11 is 6.07. The molecule has 1 aliphatic carbocycles. The summed E-state index contributed by atoms with van der Waals surface area (Å²) in [7, 11) is 3.49. The van der Waals surface area contributed by atoms with E-state index < -0.39 is 0 Å². The number of aliphatic imine (C=N–C) groups is 1. The summed E-state index contributed by atoms with van der Waals surface area (Å²) in [5.41, 5.74) is 1.52. The maximum Gasteiger partial charge on any atom is 0.191 e. The lowest BCUT2D eigenvalue weighted by atomic mass is 9.64. The van der Waals surface area contributed by atoms with Crippen molar-refractivity contribution in [2.24, 2.45) is 4.99 Å². The topological polar surface area (TPSA) is 76.4 Å². The summed E-state index contributed by atoms with van der Waals surface area (Å²) in [4.78, 5) is 9.00. The van der Waals surface area contributed by atoms with Gasteiger partial charge in [-0.05, 0) is 37.0 Å². The molecule has 4 rings (SSSR count). The molecular weight excluding hydrogens is 388 g/mol. The van der Waals surface area contributed by atoms with E-state index in [1.165, 1.54) is 24.8 Å². The third-order valence-corrected chi connectivity index (χ3v) is 6.35. The van der Waals surface area contributed by atoms with E-state index in [0.29, 0.717) is 6.61 Å². The minimum atomic E-state index is 0.170. The van der Waals surface area contributed by atoms with Crippen molar-refractivity contribution in [3.8, 4) is 0 Å². The van der Waals surface area contributed by atoms with Crippen molar-refractivity contribution in [1.29, 1.82) is 0 Å². The minimum absolute atomic E-state index is 0.170. The van der Waals surface area contributed by atoms with E-state index >= 15 is 0 Å². The number of ether oxygens (including phenoxy) is 1. The van der Waals surface area contributed by atoms with Gasteiger partial charge >= 0.3 is 0 Å². The number of halogens is 1. The fourth-order valence-corrected chi connectivity index (χ4v) is 4.41. The normalized spacial score (nSPS) is 20.7. The van der Waals surface area contributed by atoms with Crippen molar-refractivity contribution in [2.75, 3.05) is 20.7 Å². The number of hydrogen-bond donors (Lipinski definition) is 2. The van der Waals surface area contributed by atoms with E-state index in [-0.39, 0.29) is 11.5 Å². The number of methoxy groups -OCH3 is 1. The molecule has 156 valence electrons. The van der Waals surface area contributed by atoms with Gasteiger partial charge in [-0.25, -0.2) is 9.67 Å². The Bertz CT molecular complexity index is 859. The lowest BCUT2D eigenvalue weighted by Gasteiger charge is -2.43. The Labute approximate surface area is 176 Å². The second kappa shape index (κ2) is 8.71. The van der Waals surface area contributed by atoms with Gasteiger partial charge in [-0.15, -0.1) is 0 Å². The molecule has 2 aromatic rings. The molecule has 2 aliphatic rings. The Morgan fingerprint density at radius 3 is 2.79 bits per heavy atom. The lowest BCUT2D eigenvalue weighted by Crippen LogP contribution is -2.52. The molecule has 0 amide bonds. The van der Waals surface area contributed by atoms with Crippen LogP contribution in [0.25, 0.3) is 0 Å². The Morgan fingerprint density at radius 1 is 1.34 bits per heavy atom. The molecule has 2 heterocycles. The van der Waals surface area contributed by atoms with Gasteiger partial charge in [0.05, 0.1) is 6.54 Å². The molecule has 1 aliphatic heterocycles. The van der Waals surface area contributed by atoms with Crippen LogP contribution in [0.1, 0.15) is 42.9 Å². The number of nitrogens with one attached hydrogen (secondary N) is 2. The first-order valence-corrected chi connectivity index (χ1v) is 10.6. The minimum Gasteiger partial charge on any atom is -0.377 e. The van der Waals surface area contributed by atoms with Gasteiger partial charge in [0.1, 0.15) is 12.4 Å². The Morgan fingerprint density at radius 2 is 2.14 bits per heavy atom. The Hall–Kier alpha value is -2.12. The van der Waals surface area contributed by atoms with Crippen LogP contribution in [0.3, 0.4) is 0 Å². The van der Waals surface area contributed by atoms with Crippen LogP contribution in [0.2, 0.25) is 5.02 Å². The first-order chi connectivity index (χ1) is 14.1. The molecule has 0 saturated heterocycles. The average molecular weight is 417 g/mol. The second-order valence-corrected chi connectivity index (χ2v) is 8.44. The predicted octanol–water partition coefficient (Wildman–Crippen LogP) is 2.68. The van der Waals surface area contributed by atoms with Crippen molar-refractivity contribution in [2.45, 2.75) is 56.7 Å². The zero-order chi connectivity index (χ0) is 20.3. The Kier molecular flexibility index (Phi) is 6.06. The van der Waals surface area contributed by atoms with Crippen molar-refractivity contribution in [3.05, 3.63) is 46.5 Å². The molecule has 2 N–H and O–H groups in total. The highest BCUT2D eigenvalue weighted by atomic mass is 35.5. The standard InChI is InChI=1S/C21H29ClN6O/c1-23-20(24-14-21(10-3-11-21)15-4-6-16(22)7-5-15)25-17-8-9-19-26-18(13-29-2)27-28(19)12-17/h4-7,17H,3,8-14H2,1-2H3,(H2,23,24,25). The predicted molar refractivity (Wildman–Crippen MR) is 114 cm³/mol. The SMILES string of the molecule is CN=C(NCC1(c2ccc(Cl)cc2)CCC1)NC1CCc2nc(COC)nn2C1. The number of aryl methyl sites for hydroxylation is 1. The van der Waals surface area contributed by atoms with Crippen molar-refractivity contribution in [3.63, 3.8) is 0 Å². The zero-order valence-electron chi connectivity index (χ0n) is 17.1. The number of aromatic nitrogens is 3. The summed E-state index contributed by atoms with van der Waals surface area (Å²) in [5.74, 6) is 2.63. The van der Waals surface area contributed by atoms with Crippen LogP contribution in [0.15, 0.2) is 29.3 Å². The Balaban J connectivity index is 1.35. The van der Waals surface area contributed by atoms with Gasteiger partial charge in [-0.1, -0.05) is 30.2 Å². The molecule has 29 heavy (non-hydrogen) atoms. The van der Waals surface area contributed by atoms with Crippen molar-refractivity contribution in [1.82, 2.24) is 25.4 Å². The first kappa shape index (κ1) is 20.2. The molecule has 1 aromatic heterocycles. The third-order valence-electron chi connectivity index (χ3n) is 6.10. The molecule has 1 atom stereocenters. The molecule has 1 saturated carbocycles. The third kappa shape index (κ3) is 4.41. The van der Waals surface area contributed by atoms with Crippen LogP contribution in [0.5, 0.6) is 0 Å². The van der Waals surface area contributed by atoms with Crippen LogP contribution in [-0.2, 0) is 29.7 Å². The number of rotatable bonds is 6. The van der Waals surface area contributed by atoms with Crippen molar-refractivity contribution >= 4 is 17.6 Å². The number of benzene rings is 1. The van der Waals surface area contributed by atoms with Gasteiger partial charge in [0.2, 0.25) is 0 Å². The van der Waals surface area contributed by atoms with E-state index in [1.54, 1.807) is 7.11 Å². The fourth-order valence-electron chi connectivity index (χ4n) is 4.28. The highest BCUT2D eigenvalue weighted by Gasteiger charge is 2.38. The molecule has 7 nitrogen and oxygen atoms in total. The number of fused-ring (bicyclic) bond motifs is 1. The summed E-state index contributed by atoms with van der Waals surface area (Å²) in [6.07, 6.45) is 5.55. The van der Waals surface area contributed by atoms with Crippen LogP contribution >= 0.6 is 11.6 Å². The van der Waals surface area contributed by atoms with Gasteiger partial charge in [-0.3, -0.25) is 4.99 Å². The van der Waals surface area contributed by atoms with Crippen LogP contribution in [0, 0.1) is 0 Å². The molecule has 0 bridgehead atoms. The van der Waals surface area contributed by atoms with Crippen LogP contribution < -0.4 is 10.6 Å². The van der Waals surface area contributed by atoms with E-state index in [4.69, 9.17) is 16.3 Å². The van der Waals surface area contributed by atoms with Gasteiger partial charge in [0.25, 0.3) is 0 Å². The van der Waals surface area contributed by atoms with Gasteiger partial charge in [0.15, 0.2) is 11.8 Å². The number of hydrogen-bond acceptors (Lipinski definition) is 4. The fraction of sp³-hybridized carbons (Fsp3) is 0.571. The monoisotopic (exact) mass is 416 g/mol. The summed E-state index contributed by atoms with van der Waals surface area (Å²) in [6, 6.07) is 8.56. The van der Waals surface area contributed by atoms with E-state index in [1.807, 2.05) is 23.9 Å². The molecule has 0 spiro atoms. The molecule has 8 heteroatoms. The van der Waals surface area contributed by atoms with Gasteiger partial charge in [-0.2, -0.15) is 5.10 Å². The first-order valence-electron chi connectivity index (χ1n) is 10.3. The number of nitrogens with zero attached hydrogens (tertiary/aromatic N) is 4. The van der Waals surface area contributed by atoms with E-state index in [2.05, 4.69) is 37.8 Å². The quantitative estimate of drug-likeness (QED) is 0.559. The highest BCUT2D eigenvalue weighted by molar-refractivity contribution is 6.30. The smallest absolute Gasteiger partial charge is 0.191 e. The van der Waals surface area contributed by atoms with Crippen LogP contribution in [0.4, 0.5) is 0 Å². The maximum atomic E-state index is 6.07. The highest BCUT2D eigenvalue weighted by Crippen LogP contribution is 2.43. The van der Waals surface area contributed by atoms with Crippen LogP contribution in [-0.4, -0.2) is 47.5 Å². The van der Waals surface area contributed by atoms with E-state index in [0.717, 1.165) is 48.6 Å². The maximum absolute atomic E-state index is 6.07. The number of guanidine groups is 1. The van der Waals surface area contributed by atoms with E-state index in [9.17, 15) is 0 Å². The largest absolute Gasteiger partial charge is 0.377 e. The molecular formula is C21H29ClN6O. The average Bonchev–Trinajstić information content (AvgIpc) is 3.09.